The topological polar surface area (TPSA) is 46.6 Å². The molecule has 0 radical (unpaired) electrons. The number of fused-ring (bicyclic) bond motifs is 1. The third kappa shape index (κ3) is 2.90. The van der Waals surface area contributed by atoms with Crippen LogP contribution in [0.15, 0.2) is 54.6 Å². The van der Waals surface area contributed by atoms with Crippen molar-refractivity contribution in [1.29, 1.82) is 0 Å². The van der Waals surface area contributed by atoms with Gasteiger partial charge in [0.25, 0.3) is 0 Å². The average molecular weight is 351 g/mol. The van der Waals surface area contributed by atoms with Gasteiger partial charge >= 0.3 is 11.9 Å². The summed E-state index contributed by atoms with van der Waals surface area (Å²) < 4.78 is 4.97. The summed E-state index contributed by atoms with van der Waals surface area (Å²) in [7, 11) is 0. The van der Waals surface area contributed by atoms with Crippen LogP contribution < -0.4 is 4.90 Å². The van der Waals surface area contributed by atoms with Crippen LogP contribution in [-0.4, -0.2) is 24.0 Å². The number of carbonyl (C=O) groups excluding carboxylic acids is 2. The molecule has 136 valence electrons. The molecular weight excluding hydrogens is 326 g/mol. The molecule has 0 saturated heterocycles. The van der Waals surface area contributed by atoms with E-state index < -0.39 is 17.4 Å². The Morgan fingerprint density at radius 2 is 1.62 bits per heavy atom. The Morgan fingerprint density at radius 1 is 1.00 bits per heavy atom. The van der Waals surface area contributed by atoms with Gasteiger partial charge < -0.3 is 4.74 Å². The fourth-order valence-electron chi connectivity index (χ4n) is 4.23. The van der Waals surface area contributed by atoms with E-state index in [0.717, 1.165) is 11.3 Å². The minimum atomic E-state index is -0.807. The van der Waals surface area contributed by atoms with Gasteiger partial charge in [-0.1, -0.05) is 55.5 Å². The minimum absolute atomic E-state index is 0.183. The van der Waals surface area contributed by atoms with Crippen molar-refractivity contribution in [3.8, 4) is 0 Å². The van der Waals surface area contributed by atoms with Crippen molar-refractivity contribution < 1.29 is 14.3 Å². The Hall–Kier alpha value is -2.62. The van der Waals surface area contributed by atoms with Crippen LogP contribution in [0.1, 0.15) is 45.2 Å². The lowest BCUT2D eigenvalue weighted by Gasteiger charge is -2.51. The van der Waals surface area contributed by atoms with Crippen molar-refractivity contribution in [3.05, 3.63) is 65.7 Å². The number of carbonyl (C=O) groups is 2. The van der Waals surface area contributed by atoms with Gasteiger partial charge in [0.15, 0.2) is 0 Å². The number of nitrogens with zero attached hydrogens (tertiary/aromatic N) is 1. The number of esters is 1. The van der Waals surface area contributed by atoms with Crippen LogP contribution in [0.5, 0.6) is 0 Å². The summed E-state index contributed by atoms with van der Waals surface area (Å²) in [6, 6.07) is 18.1. The van der Waals surface area contributed by atoms with Crippen molar-refractivity contribution in [3.63, 3.8) is 0 Å². The summed E-state index contributed by atoms with van der Waals surface area (Å²) in [4.78, 5) is 26.6. The molecule has 0 bridgehead atoms. The molecule has 0 spiro atoms. The number of hydrogen-bond acceptors (Lipinski definition) is 3. The number of rotatable bonds is 2. The SMILES string of the molecule is CCOC(=O)C(=O)N1c2ccccc2C(C)(c2ccccc2)CC1(C)C. The van der Waals surface area contributed by atoms with E-state index in [4.69, 9.17) is 4.74 Å². The number of benzene rings is 2. The van der Waals surface area contributed by atoms with E-state index in [9.17, 15) is 9.59 Å². The first kappa shape index (κ1) is 18.2. The van der Waals surface area contributed by atoms with E-state index in [-0.39, 0.29) is 12.0 Å². The molecule has 1 atom stereocenters. The van der Waals surface area contributed by atoms with E-state index in [1.54, 1.807) is 11.8 Å². The highest BCUT2D eigenvalue weighted by Crippen LogP contribution is 2.50. The maximum atomic E-state index is 12.9. The molecule has 4 nitrogen and oxygen atoms in total. The fraction of sp³-hybridized carbons (Fsp3) is 0.364. The van der Waals surface area contributed by atoms with Crippen LogP contribution in [0, 0.1) is 0 Å². The van der Waals surface area contributed by atoms with Gasteiger partial charge in [0.05, 0.1) is 6.61 Å². The molecule has 1 aliphatic heterocycles. The largest absolute Gasteiger partial charge is 0.459 e. The smallest absolute Gasteiger partial charge is 0.397 e. The highest BCUT2D eigenvalue weighted by atomic mass is 16.5. The van der Waals surface area contributed by atoms with Crippen molar-refractivity contribution in [1.82, 2.24) is 0 Å². The molecule has 2 aromatic carbocycles. The molecule has 26 heavy (non-hydrogen) atoms. The van der Waals surface area contributed by atoms with Gasteiger partial charge in [0.1, 0.15) is 0 Å². The molecule has 0 saturated carbocycles. The highest BCUT2D eigenvalue weighted by molar-refractivity contribution is 6.38. The molecule has 1 heterocycles. The van der Waals surface area contributed by atoms with E-state index >= 15 is 0 Å². The summed E-state index contributed by atoms with van der Waals surface area (Å²) in [5.74, 6) is -1.42. The Kier molecular flexibility index (Phi) is 4.61. The molecule has 0 aliphatic carbocycles. The second-order valence-corrected chi connectivity index (χ2v) is 7.57. The lowest BCUT2D eigenvalue weighted by Crippen LogP contribution is -2.57. The summed E-state index contributed by atoms with van der Waals surface area (Å²) in [6.07, 6.45) is 0.701. The van der Waals surface area contributed by atoms with Crippen molar-refractivity contribution >= 4 is 17.6 Å². The normalized spacial score (nSPS) is 21.0. The predicted octanol–water partition coefficient (Wildman–Crippen LogP) is 4.07. The summed E-state index contributed by atoms with van der Waals surface area (Å²) in [6.45, 7) is 8.09. The van der Waals surface area contributed by atoms with Crippen molar-refractivity contribution in [2.45, 2.75) is 45.1 Å². The number of amides is 1. The van der Waals surface area contributed by atoms with Crippen molar-refractivity contribution in [2.75, 3.05) is 11.5 Å². The van der Waals surface area contributed by atoms with Crippen LogP contribution >= 0.6 is 0 Å². The van der Waals surface area contributed by atoms with Crippen molar-refractivity contribution in [2.24, 2.45) is 0 Å². The number of hydrogen-bond donors (Lipinski definition) is 0. The van der Waals surface area contributed by atoms with Gasteiger partial charge in [-0.2, -0.15) is 0 Å². The molecule has 1 aliphatic rings. The Balaban J connectivity index is 2.17. The molecule has 1 unspecified atom stereocenters. The first-order valence-corrected chi connectivity index (χ1v) is 8.97. The van der Waals surface area contributed by atoms with Crippen LogP contribution in [0.4, 0.5) is 5.69 Å². The van der Waals surface area contributed by atoms with Gasteiger partial charge in [-0.25, -0.2) is 4.79 Å². The quantitative estimate of drug-likeness (QED) is 0.605. The first-order valence-electron chi connectivity index (χ1n) is 8.97. The fourth-order valence-corrected chi connectivity index (χ4v) is 4.23. The number of anilines is 1. The van der Waals surface area contributed by atoms with Crippen LogP contribution in [0.3, 0.4) is 0 Å². The Morgan fingerprint density at radius 3 is 2.27 bits per heavy atom. The van der Waals surface area contributed by atoms with Crippen LogP contribution in [-0.2, 0) is 19.7 Å². The summed E-state index contributed by atoms with van der Waals surface area (Å²) >= 11 is 0. The third-order valence-corrected chi connectivity index (χ3v) is 5.19. The molecule has 1 amide bonds. The molecule has 0 N–H and O–H groups in total. The second-order valence-electron chi connectivity index (χ2n) is 7.57. The molecule has 2 aromatic rings. The van der Waals surface area contributed by atoms with E-state index in [2.05, 4.69) is 19.1 Å². The monoisotopic (exact) mass is 351 g/mol. The van der Waals surface area contributed by atoms with Gasteiger partial charge in [-0.15, -0.1) is 0 Å². The zero-order valence-corrected chi connectivity index (χ0v) is 15.8. The Bertz CT molecular complexity index is 828. The molecule has 0 fully saturated rings. The van der Waals surface area contributed by atoms with Crippen LogP contribution in [0.2, 0.25) is 0 Å². The minimum Gasteiger partial charge on any atom is -0.459 e. The van der Waals surface area contributed by atoms with Gasteiger partial charge in [-0.3, -0.25) is 9.69 Å². The van der Waals surface area contributed by atoms with Crippen LogP contribution in [0.25, 0.3) is 0 Å². The third-order valence-electron chi connectivity index (χ3n) is 5.19. The molecular formula is C22H25NO3. The second kappa shape index (κ2) is 6.60. The van der Waals surface area contributed by atoms with E-state index in [0.29, 0.717) is 6.42 Å². The summed E-state index contributed by atoms with van der Waals surface area (Å²) in [5, 5.41) is 0. The number of para-hydroxylation sites is 1. The van der Waals surface area contributed by atoms with E-state index in [1.165, 1.54) is 5.56 Å². The zero-order valence-electron chi connectivity index (χ0n) is 15.8. The summed E-state index contributed by atoms with van der Waals surface area (Å²) in [5.41, 5.74) is 2.22. The average Bonchev–Trinajstić information content (AvgIpc) is 2.62. The van der Waals surface area contributed by atoms with Gasteiger partial charge in [0, 0.05) is 16.6 Å². The molecule has 4 heteroatoms. The van der Waals surface area contributed by atoms with Gasteiger partial charge in [0.2, 0.25) is 0 Å². The lowest BCUT2D eigenvalue weighted by atomic mass is 9.65. The highest BCUT2D eigenvalue weighted by Gasteiger charge is 2.49. The van der Waals surface area contributed by atoms with E-state index in [1.807, 2.05) is 56.3 Å². The standard InChI is InChI=1S/C22H25NO3/c1-5-26-20(25)19(24)23-18-14-10-9-13-17(18)22(4,15-21(23,2)3)16-11-7-6-8-12-16/h6-14H,5,15H2,1-4H3. The molecule has 3 rings (SSSR count). The maximum absolute atomic E-state index is 12.9. The maximum Gasteiger partial charge on any atom is 0.397 e. The molecule has 0 aromatic heterocycles. The lowest BCUT2D eigenvalue weighted by molar-refractivity contribution is -0.153. The first-order chi connectivity index (χ1) is 12.3. The predicted molar refractivity (Wildman–Crippen MR) is 102 cm³/mol. The zero-order chi connectivity index (χ0) is 18.9. The Labute approximate surface area is 154 Å². The number of ether oxygens (including phenoxy) is 1. The van der Waals surface area contributed by atoms with Gasteiger partial charge in [-0.05, 0) is 44.4 Å².